The number of benzene rings is 1. The van der Waals surface area contributed by atoms with Crippen LogP contribution < -0.4 is 0 Å². The predicted molar refractivity (Wildman–Crippen MR) is 88.2 cm³/mol. The third-order valence-electron chi connectivity index (χ3n) is 3.95. The van der Waals surface area contributed by atoms with Gasteiger partial charge in [-0.15, -0.1) is 0 Å². The molecule has 0 N–H and O–H groups in total. The van der Waals surface area contributed by atoms with Crippen LogP contribution in [0.25, 0.3) is 0 Å². The largest absolute Gasteiger partial charge is 0.342 e. The number of nitrogens with zero attached hydrogens (tertiary/aromatic N) is 1. The van der Waals surface area contributed by atoms with Crippen molar-refractivity contribution in [3.8, 4) is 0 Å². The molecule has 0 radical (unpaired) electrons. The van der Waals surface area contributed by atoms with Gasteiger partial charge in [0.25, 0.3) is 0 Å². The first-order chi connectivity index (χ1) is 10.2. The standard InChI is InChI=1S/C17H25NO3S/c1-17(2,3)13-16(19)18-10-9-15(22(20,21)12-11-18)14-7-5-4-6-8-14/h4-8,15H,9-13H2,1-3H3. The van der Waals surface area contributed by atoms with Crippen LogP contribution in [-0.2, 0) is 14.6 Å². The number of rotatable bonds is 2. The molecule has 1 unspecified atom stereocenters. The summed E-state index contributed by atoms with van der Waals surface area (Å²) in [5.74, 6) is 0.0963. The molecule has 1 aliphatic rings. The molecule has 0 aromatic heterocycles. The normalized spacial score (nSPS) is 22.1. The second kappa shape index (κ2) is 6.41. The van der Waals surface area contributed by atoms with Crippen molar-refractivity contribution in [1.29, 1.82) is 0 Å². The summed E-state index contributed by atoms with van der Waals surface area (Å²) in [4.78, 5) is 14.1. The van der Waals surface area contributed by atoms with Crippen LogP contribution in [0.5, 0.6) is 0 Å². The summed E-state index contributed by atoms with van der Waals surface area (Å²) in [7, 11) is -3.22. The lowest BCUT2D eigenvalue weighted by atomic mass is 9.91. The molecule has 1 amide bonds. The van der Waals surface area contributed by atoms with Crippen LogP contribution in [0.3, 0.4) is 0 Å². The molecule has 0 saturated carbocycles. The van der Waals surface area contributed by atoms with Crippen LogP contribution in [0.1, 0.15) is 44.4 Å². The van der Waals surface area contributed by atoms with E-state index >= 15 is 0 Å². The Morgan fingerprint density at radius 3 is 2.41 bits per heavy atom. The van der Waals surface area contributed by atoms with Crippen molar-refractivity contribution in [3.63, 3.8) is 0 Å². The minimum absolute atomic E-state index is 0.0441. The van der Waals surface area contributed by atoms with Gasteiger partial charge in [0.2, 0.25) is 5.91 Å². The summed E-state index contributed by atoms with van der Waals surface area (Å²) in [5.41, 5.74) is 0.744. The molecular formula is C17H25NO3S. The second-order valence-corrected chi connectivity index (χ2v) is 9.48. The van der Waals surface area contributed by atoms with E-state index in [1.807, 2.05) is 51.1 Å². The molecule has 1 aromatic rings. The minimum atomic E-state index is -3.22. The van der Waals surface area contributed by atoms with Crippen LogP contribution in [0.4, 0.5) is 0 Å². The molecule has 122 valence electrons. The maximum absolute atomic E-state index is 12.5. The molecule has 1 aromatic carbocycles. The van der Waals surface area contributed by atoms with Crippen LogP contribution in [-0.4, -0.2) is 38.1 Å². The van der Waals surface area contributed by atoms with E-state index in [0.29, 0.717) is 25.9 Å². The van der Waals surface area contributed by atoms with Crippen molar-refractivity contribution in [2.75, 3.05) is 18.8 Å². The molecule has 0 spiro atoms. The fraction of sp³-hybridized carbons (Fsp3) is 0.588. The summed E-state index contributed by atoms with van der Waals surface area (Å²) in [5, 5.41) is -0.499. The van der Waals surface area contributed by atoms with E-state index in [1.165, 1.54) is 0 Å². The van der Waals surface area contributed by atoms with E-state index in [4.69, 9.17) is 0 Å². The van der Waals surface area contributed by atoms with Gasteiger partial charge in [-0.2, -0.15) is 0 Å². The van der Waals surface area contributed by atoms with E-state index in [-0.39, 0.29) is 17.1 Å². The molecular weight excluding hydrogens is 298 g/mol. The van der Waals surface area contributed by atoms with Gasteiger partial charge in [0, 0.05) is 19.5 Å². The fourth-order valence-electron chi connectivity index (χ4n) is 2.80. The Balaban J connectivity index is 2.15. The molecule has 5 heteroatoms. The van der Waals surface area contributed by atoms with Gasteiger partial charge in [-0.05, 0) is 17.4 Å². The maximum atomic E-state index is 12.5. The van der Waals surface area contributed by atoms with E-state index in [9.17, 15) is 13.2 Å². The highest BCUT2D eigenvalue weighted by Crippen LogP contribution is 2.30. The lowest BCUT2D eigenvalue weighted by molar-refractivity contribution is -0.132. The highest BCUT2D eigenvalue weighted by Gasteiger charge is 2.33. The van der Waals surface area contributed by atoms with Gasteiger partial charge in [0.1, 0.15) is 0 Å². The lowest BCUT2D eigenvalue weighted by Crippen LogP contribution is -2.35. The summed E-state index contributed by atoms with van der Waals surface area (Å²) < 4.78 is 25.0. The molecule has 22 heavy (non-hydrogen) atoms. The first-order valence-electron chi connectivity index (χ1n) is 7.73. The van der Waals surface area contributed by atoms with Crippen molar-refractivity contribution in [2.45, 2.75) is 38.9 Å². The monoisotopic (exact) mass is 323 g/mol. The fourth-order valence-corrected chi connectivity index (χ4v) is 4.60. The summed E-state index contributed by atoms with van der Waals surface area (Å²) in [6.07, 6.45) is 0.922. The van der Waals surface area contributed by atoms with Crippen molar-refractivity contribution in [2.24, 2.45) is 5.41 Å². The SMILES string of the molecule is CC(C)(C)CC(=O)N1CCC(c2ccccc2)S(=O)(=O)CC1. The number of hydrogen-bond acceptors (Lipinski definition) is 3. The number of carbonyl (C=O) groups excluding carboxylic acids is 1. The van der Waals surface area contributed by atoms with E-state index in [1.54, 1.807) is 4.90 Å². The molecule has 0 bridgehead atoms. The Labute approximate surface area is 133 Å². The highest BCUT2D eigenvalue weighted by molar-refractivity contribution is 7.91. The van der Waals surface area contributed by atoms with E-state index < -0.39 is 15.1 Å². The Kier molecular flexibility index (Phi) is 4.95. The summed E-state index contributed by atoms with van der Waals surface area (Å²) >= 11 is 0. The molecule has 0 aliphatic carbocycles. The van der Waals surface area contributed by atoms with Crippen LogP contribution >= 0.6 is 0 Å². The zero-order chi connectivity index (χ0) is 16.4. The van der Waals surface area contributed by atoms with Gasteiger partial charge < -0.3 is 4.90 Å². The molecule has 1 saturated heterocycles. The van der Waals surface area contributed by atoms with Crippen LogP contribution in [0.15, 0.2) is 30.3 Å². The second-order valence-electron chi connectivity index (χ2n) is 7.17. The lowest BCUT2D eigenvalue weighted by Gasteiger charge is -2.25. The smallest absolute Gasteiger partial charge is 0.223 e. The van der Waals surface area contributed by atoms with Gasteiger partial charge >= 0.3 is 0 Å². The van der Waals surface area contributed by atoms with Gasteiger partial charge in [0.05, 0.1) is 11.0 Å². The molecule has 1 aliphatic heterocycles. The average Bonchev–Trinajstić information content (AvgIpc) is 2.56. The molecule has 1 fully saturated rings. The third-order valence-corrected chi connectivity index (χ3v) is 6.07. The van der Waals surface area contributed by atoms with E-state index in [0.717, 1.165) is 5.56 Å². The molecule has 1 heterocycles. The van der Waals surface area contributed by atoms with Crippen LogP contribution in [0.2, 0.25) is 0 Å². The van der Waals surface area contributed by atoms with Gasteiger partial charge in [-0.3, -0.25) is 4.79 Å². The maximum Gasteiger partial charge on any atom is 0.223 e. The number of hydrogen-bond donors (Lipinski definition) is 0. The third kappa shape index (κ3) is 4.32. The zero-order valence-electron chi connectivity index (χ0n) is 13.6. The number of amides is 1. The molecule has 4 nitrogen and oxygen atoms in total. The Morgan fingerprint density at radius 2 is 1.82 bits per heavy atom. The van der Waals surface area contributed by atoms with Crippen molar-refractivity contribution in [1.82, 2.24) is 4.90 Å². The van der Waals surface area contributed by atoms with Crippen molar-refractivity contribution >= 4 is 15.7 Å². The van der Waals surface area contributed by atoms with Gasteiger partial charge in [0.15, 0.2) is 9.84 Å². The van der Waals surface area contributed by atoms with Crippen LogP contribution in [0, 0.1) is 5.41 Å². The average molecular weight is 323 g/mol. The first-order valence-corrected chi connectivity index (χ1v) is 9.45. The molecule has 2 rings (SSSR count). The minimum Gasteiger partial charge on any atom is -0.342 e. The Morgan fingerprint density at radius 1 is 1.18 bits per heavy atom. The van der Waals surface area contributed by atoms with Gasteiger partial charge in [-0.25, -0.2) is 8.42 Å². The topological polar surface area (TPSA) is 54.5 Å². The van der Waals surface area contributed by atoms with Crippen molar-refractivity contribution in [3.05, 3.63) is 35.9 Å². The predicted octanol–water partition coefficient (Wildman–Crippen LogP) is 2.81. The zero-order valence-corrected chi connectivity index (χ0v) is 14.4. The first kappa shape index (κ1) is 17.0. The summed E-state index contributed by atoms with van der Waals surface area (Å²) in [6, 6.07) is 9.31. The Bertz CT molecular complexity index is 617. The Hall–Kier alpha value is -1.36. The number of sulfone groups is 1. The quantitative estimate of drug-likeness (QED) is 0.841. The van der Waals surface area contributed by atoms with E-state index in [2.05, 4.69) is 0 Å². The van der Waals surface area contributed by atoms with Gasteiger partial charge in [-0.1, -0.05) is 51.1 Å². The summed E-state index contributed by atoms with van der Waals surface area (Å²) in [6.45, 7) is 6.87. The van der Waals surface area contributed by atoms with Crippen molar-refractivity contribution < 1.29 is 13.2 Å². The molecule has 1 atom stereocenters. The number of carbonyl (C=O) groups is 1. The highest BCUT2D eigenvalue weighted by atomic mass is 32.2.